The van der Waals surface area contributed by atoms with E-state index in [1.54, 1.807) is 24.3 Å². The van der Waals surface area contributed by atoms with Gasteiger partial charge in [-0.15, -0.1) is 0 Å². The number of hydrogen-bond donors (Lipinski definition) is 2. The highest BCUT2D eigenvalue weighted by Gasteiger charge is 2.35. The van der Waals surface area contributed by atoms with Gasteiger partial charge in [0.2, 0.25) is 5.76 Å². The number of phenolic OH excluding ortho intramolecular Hbond substituents is 1. The van der Waals surface area contributed by atoms with E-state index < -0.39 is 11.9 Å². The van der Waals surface area contributed by atoms with Gasteiger partial charge in [0.15, 0.2) is 5.43 Å². The number of carbonyl (C=O) groups is 1. The van der Waals surface area contributed by atoms with Crippen molar-refractivity contribution < 1.29 is 14.3 Å². The van der Waals surface area contributed by atoms with Gasteiger partial charge in [-0.1, -0.05) is 23.8 Å². The summed E-state index contributed by atoms with van der Waals surface area (Å²) in [5.41, 5.74) is 2.04. The zero-order valence-corrected chi connectivity index (χ0v) is 12.3. The zero-order valence-electron chi connectivity index (χ0n) is 12.3. The largest absolute Gasteiger partial charge is 0.508 e. The molecule has 1 amide bonds. The Morgan fingerprint density at radius 3 is 2.74 bits per heavy atom. The van der Waals surface area contributed by atoms with E-state index in [9.17, 15) is 14.7 Å². The zero-order chi connectivity index (χ0) is 16.1. The third-order valence-electron chi connectivity index (χ3n) is 4.05. The van der Waals surface area contributed by atoms with Crippen molar-refractivity contribution in [1.82, 2.24) is 5.32 Å². The number of aryl methyl sites for hydroxylation is 1. The van der Waals surface area contributed by atoms with Crippen molar-refractivity contribution in [2.24, 2.45) is 0 Å². The van der Waals surface area contributed by atoms with E-state index in [-0.39, 0.29) is 16.9 Å². The van der Waals surface area contributed by atoms with Crippen LogP contribution in [0.2, 0.25) is 0 Å². The summed E-state index contributed by atoms with van der Waals surface area (Å²) in [5.74, 6) is -0.307. The first-order chi connectivity index (χ1) is 11.0. The van der Waals surface area contributed by atoms with Gasteiger partial charge in [0.1, 0.15) is 11.3 Å². The molecule has 4 rings (SSSR count). The van der Waals surface area contributed by atoms with E-state index in [0.29, 0.717) is 22.1 Å². The molecule has 1 aromatic heterocycles. The molecule has 114 valence electrons. The lowest BCUT2D eigenvalue weighted by Gasteiger charge is -2.11. The van der Waals surface area contributed by atoms with Crippen LogP contribution in [0.5, 0.6) is 5.75 Å². The lowest BCUT2D eigenvalue weighted by atomic mass is 9.99. The number of hydrogen-bond acceptors (Lipinski definition) is 4. The molecule has 0 bridgehead atoms. The van der Waals surface area contributed by atoms with Crippen molar-refractivity contribution in [2.45, 2.75) is 13.0 Å². The average Bonchev–Trinajstić information content (AvgIpc) is 2.86. The Labute approximate surface area is 131 Å². The first-order valence-electron chi connectivity index (χ1n) is 7.22. The molecule has 3 aromatic rings. The molecule has 0 unspecified atom stereocenters. The second-order valence-corrected chi connectivity index (χ2v) is 5.68. The molecule has 0 spiro atoms. The maximum Gasteiger partial charge on any atom is 0.288 e. The van der Waals surface area contributed by atoms with Gasteiger partial charge in [0.25, 0.3) is 5.91 Å². The Kier molecular flexibility index (Phi) is 2.78. The van der Waals surface area contributed by atoms with Crippen molar-refractivity contribution in [2.75, 3.05) is 0 Å². The molecule has 5 heteroatoms. The average molecular weight is 307 g/mol. The summed E-state index contributed by atoms with van der Waals surface area (Å²) in [4.78, 5) is 25.1. The molecule has 2 heterocycles. The minimum absolute atomic E-state index is 0.0414. The Morgan fingerprint density at radius 1 is 1.13 bits per heavy atom. The minimum atomic E-state index is -0.620. The maximum atomic E-state index is 12.9. The molecular formula is C18H13NO4. The van der Waals surface area contributed by atoms with E-state index in [0.717, 1.165) is 5.56 Å². The molecule has 2 N–H and O–H groups in total. The molecule has 0 saturated heterocycles. The third kappa shape index (κ3) is 2.01. The van der Waals surface area contributed by atoms with Crippen LogP contribution in [0.3, 0.4) is 0 Å². The Hall–Kier alpha value is -3.08. The fourth-order valence-electron chi connectivity index (χ4n) is 2.98. The number of rotatable bonds is 1. The summed E-state index contributed by atoms with van der Waals surface area (Å²) in [7, 11) is 0. The smallest absolute Gasteiger partial charge is 0.288 e. The predicted octanol–water partition coefficient (Wildman–Crippen LogP) is 2.64. The van der Waals surface area contributed by atoms with E-state index in [1.807, 2.05) is 13.0 Å². The molecule has 0 aliphatic carbocycles. The Bertz CT molecular complexity index is 1020. The molecule has 0 fully saturated rings. The van der Waals surface area contributed by atoms with E-state index >= 15 is 0 Å². The van der Waals surface area contributed by atoms with Crippen LogP contribution < -0.4 is 10.7 Å². The summed E-state index contributed by atoms with van der Waals surface area (Å²) in [6.45, 7) is 1.89. The van der Waals surface area contributed by atoms with Gasteiger partial charge < -0.3 is 14.8 Å². The molecule has 5 nitrogen and oxygen atoms in total. The first-order valence-corrected chi connectivity index (χ1v) is 7.22. The molecular weight excluding hydrogens is 294 g/mol. The van der Waals surface area contributed by atoms with Crippen molar-refractivity contribution in [3.63, 3.8) is 0 Å². The topological polar surface area (TPSA) is 79.5 Å². The van der Waals surface area contributed by atoms with Gasteiger partial charge >= 0.3 is 0 Å². The normalized spacial score (nSPS) is 16.4. The molecule has 2 aromatic carbocycles. The lowest BCUT2D eigenvalue weighted by Crippen LogP contribution is -2.21. The fourth-order valence-corrected chi connectivity index (χ4v) is 2.98. The summed E-state index contributed by atoms with van der Waals surface area (Å²) < 4.78 is 5.66. The molecule has 0 radical (unpaired) electrons. The van der Waals surface area contributed by atoms with Gasteiger partial charge in [0.05, 0.1) is 17.0 Å². The number of phenols is 1. The number of aromatic hydroxyl groups is 1. The predicted molar refractivity (Wildman–Crippen MR) is 84.6 cm³/mol. The fraction of sp³-hybridized carbons (Fsp3) is 0.111. The monoisotopic (exact) mass is 307 g/mol. The highest BCUT2D eigenvalue weighted by atomic mass is 16.3. The van der Waals surface area contributed by atoms with Crippen LogP contribution in [0.1, 0.15) is 33.3 Å². The second-order valence-electron chi connectivity index (χ2n) is 5.68. The number of carbonyl (C=O) groups excluding carboxylic acids is 1. The molecule has 0 saturated carbocycles. The number of amides is 1. The standard InChI is InChI=1S/C18H13NO4/c1-9-5-6-13-12(7-9)16(21)14-15(19-18(22)17(14)23-13)10-3-2-4-11(20)8-10/h2-8,15,20H,1H3,(H,19,22)/t15-/m0/s1. The van der Waals surface area contributed by atoms with Crippen LogP contribution in [0.15, 0.2) is 51.7 Å². The van der Waals surface area contributed by atoms with Gasteiger partial charge in [-0.25, -0.2) is 0 Å². The summed E-state index contributed by atoms with van der Waals surface area (Å²) in [6.07, 6.45) is 0. The van der Waals surface area contributed by atoms with Gasteiger partial charge in [-0.3, -0.25) is 9.59 Å². The molecule has 1 aliphatic heterocycles. The summed E-state index contributed by atoms with van der Waals surface area (Å²) >= 11 is 0. The van der Waals surface area contributed by atoms with E-state index in [4.69, 9.17) is 4.42 Å². The van der Waals surface area contributed by atoms with Crippen LogP contribution in [0.25, 0.3) is 11.0 Å². The van der Waals surface area contributed by atoms with Crippen LogP contribution in [0, 0.1) is 6.92 Å². The molecule has 1 aliphatic rings. The van der Waals surface area contributed by atoms with Crippen LogP contribution >= 0.6 is 0 Å². The second kappa shape index (κ2) is 4.71. The number of nitrogens with one attached hydrogen (secondary N) is 1. The van der Waals surface area contributed by atoms with Crippen LogP contribution in [-0.2, 0) is 0 Å². The summed E-state index contributed by atoms with van der Waals surface area (Å²) in [5, 5.41) is 12.8. The van der Waals surface area contributed by atoms with Crippen LogP contribution in [0.4, 0.5) is 0 Å². The number of fused-ring (bicyclic) bond motifs is 2. The Morgan fingerprint density at radius 2 is 1.96 bits per heavy atom. The molecule has 23 heavy (non-hydrogen) atoms. The van der Waals surface area contributed by atoms with Gasteiger partial charge in [-0.05, 0) is 36.8 Å². The Balaban J connectivity index is 2.01. The SMILES string of the molecule is Cc1ccc2oc3c(c(=O)c2c1)[C@H](c1cccc(O)c1)NC3=O. The first kappa shape index (κ1) is 13.6. The third-order valence-corrected chi connectivity index (χ3v) is 4.05. The van der Waals surface area contributed by atoms with Crippen molar-refractivity contribution in [3.05, 3.63) is 75.1 Å². The van der Waals surface area contributed by atoms with E-state index in [1.165, 1.54) is 12.1 Å². The number of benzene rings is 2. The van der Waals surface area contributed by atoms with Gasteiger partial charge in [-0.2, -0.15) is 0 Å². The van der Waals surface area contributed by atoms with Crippen molar-refractivity contribution >= 4 is 16.9 Å². The quantitative estimate of drug-likeness (QED) is 0.724. The van der Waals surface area contributed by atoms with Crippen LogP contribution in [-0.4, -0.2) is 11.0 Å². The van der Waals surface area contributed by atoms with Crippen molar-refractivity contribution in [1.29, 1.82) is 0 Å². The minimum Gasteiger partial charge on any atom is -0.508 e. The lowest BCUT2D eigenvalue weighted by molar-refractivity contribution is 0.0938. The highest BCUT2D eigenvalue weighted by Crippen LogP contribution is 2.32. The summed E-state index contributed by atoms with van der Waals surface area (Å²) in [6, 6.07) is 11.1. The van der Waals surface area contributed by atoms with E-state index in [2.05, 4.69) is 5.32 Å². The van der Waals surface area contributed by atoms with Crippen molar-refractivity contribution in [3.8, 4) is 5.75 Å². The molecule has 1 atom stereocenters. The highest BCUT2D eigenvalue weighted by molar-refractivity contribution is 5.99. The maximum absolute atomic E-state index is 12.9. The van der Waals surface area contributed by atoms with Gasteiger partial charge in [0, 0.05) is 0 Å².